The van der Waals surface area contributed by atoms with Crippen LogP contribution < -0.4 is 11.1 Å². The molecule has 1 aliphatic heterocycles. The van der Waals surface area contributed by atoms with Crippen LogP contribution in [0.2, 0.25) is 0 Å². The van der Waals surface area contributed by atoms with Crippen LogP contribution in [0.3, 0.4) is 0 Å². The maximum Gasteiger partial charge on any atom is 0.408 e. The number of carbonyl (C=O) groups is 3. The van der Waals surface area contributed by atoms with E-state index in [1.54, 1.807) is 26.8 Å². The molecule has 1 fully saturated rings. The smallest absolute Gasteiger partial charge is 0.408 e. The van der Waals surface area contributed by atoms with Gasteiger partial charge in [-0.05, 0) is 33.6 Å². The topological polar surface area (TPSA) is 122 Å². The number of nitrogens with zero attached hydrogens (tertiary/aromatic N) is 1. The van der Waals surface area contributed by atoms with Crippen molar-refractivity contribution in [2.75, 3.05) is 13.1 Å². The van der Waals surface area contributed by atoms with Gasteiger partial charge in [-0.15, -0.1) is 12.8 Å². The zero-order chi connectivity index (χ0) is 27.2. The van der Waals surface area contributed by atoms with Crippen LogP contribution in [0, 0.1) is 18.8 Å². The van der Waals surface area contributed by atoms with Gasteiger partial charge in [-0.1, -0.05) is 59.4 Å². The van der Waals surface area contributed by atoms with E-state index in [2.05, 4.69) is 45.5 Å². The van der Waals surface area contributed by atoms with E-state index < -0.39 is 35.7 Å². The number of ether oxygens (including phenoxy) is 1. The molecular formula is C25H47N3O5. The van der Waals surface area contributed by atoms with Crippen molar-refractivity contribution in [1.29, 1.82) is 0 Å². The number of likely N-dealkylation sites (tertiary alicyclic amines) is 1. The summed E-state index contributed by atoms with van der Waals surface area (Å²) in [6.07, 6.45) is 12.2. The average molecular weight is 470 g/mol. The van der Waals surface area contributed by atoms with Gasteiger partial charge in [0, 0.05) is 13.0 Å². The zero-order valence-corrected chi connectivity index (χ0v) is 22.1. The number of alkyl carbamates (subject to hydrolysis) is 1. The van der Waals surface area contributed by atoms with Gasteiger partial charge in [-0.2, -0.15) is 0 Å². The fraction of sp³-hybridized carbons (Fsp3) is 0.640. The summed E-state index contributed by atoms with van der Waals surface area (Å²) < 4.78 is 4.98. The molecular weight excluding hydrogens is 422 g/mol. The molecule has 8 nitrogen and oxygen atoms in total. The first-order valence-corrected chi connectivity index (χ1v) is 11.1. The SMILES string of the molecule is C#C.C=C/C=C\C.CC.CC(C)(C)OC(=O)NCC(=O)N1C[C@@H](O)C[C@H]1C(N)=O.CC(C)C. The van der Waals surface area contributed by atoms with Crippen LogP contribution in [0.15, 0.2) is 24.8 Å². The molecule has 1 aliphatic rings. The third-order valence-corrected chi connectivity index (χ3v) is 3.04. The Kier molecular flexibility index (Phi) is 25.5. The highest BCUT2D eigenvalue weighted by Gasteiger charge is 2.37. The summed E-state index contributed by atoms with van der Waals surface area (Å²) in [5.41, 5.74) is 4.51. The Morgan fingerprint density at radius 2 is 1.70 bits per heavy atom. The molecule has 0 radical (unpaired) electrons. The molecule has 0 saturated carbocycles. The average Bonchev–Trinajstić information content (AvgIpc) is 3.11. The van der Waals surface area contributed by atoms with Crippen molar-refractivity contribution >= 4 is 17.9 Å². The van der Waals surface area contributed by atoms with E-state index in [1.165, 1.54) is 4.90 Å². The highest BCUT2D eigenvalue weighted by molar-refractivity contribution is 5.89. The van der Waals surface area contributed by atoms with Crippen molar-refractivity contribution in [3.8, 4) is 12.8 Å². The van der Waals surface area contributed by atoms with E-state index in [4.69, 9.17) is 10.5 Å². The second kappa shape index (κ2) is 22.4. The summed E-state index contributed by atoms with van der Waals surface area (Å²) in [6, 6.07) is -0.835. The zero-order valence-electron chi connectivity index (χ0n) is 22.1. The normalized spacial score (nSPS) is 16.3. The monoisotopic (exact) mass is 469 g/mol. The lowest BCUT2D eigenvalue weighted by Crippen LogP contribution is -2.48. The van der Waals surface area contributed by atoms with Gasteiger partial charge in [0.1, 0.15) is 18.2 Å². The lowest BCUT2D eigenvalue weighted by Gasteiger charge is -2.23. The minimum atomic E-state index is -0.835. The van der Waals surface area contributed by atoms with Gasteiger partial charge in [-0.3, -0.25) is 9.59 Å². The molecule has 0 unspecified atom stereocenters. The number of rotatable bonds is 4. The summed E-state index contributed by atoms with van der Waals surface area (Å²) in [6.45, 7) is 20.7. The lowest BCUT2D eigenvalue weighted by atomic mass is 10.2. The van der Waals surface area contributed by atoms with Crippen molar-refractivity contribution in [3.05, 3.63) is 24.8 Å². The van der Waals surface area contributed by atoms with Crippen LogP contribution in [0.5, 0.6) is 0 Å². The number of carbonyl (C=O) groups excluding carboxylic acids is 3. The van der Waals surface area contributed by atoms with Crippen molar-refractivity contribution < 1.29 is 24.2 Å². The standard InChI is InChI=1S/C12H21N3O5.C5H8.C4H10.C2H6.C2H2/c1-12(2,3)20-11(19)14-5-9(17)15-6-7(16)4-8(15)10(13)18;1-3-5-4-2;1-4(2)3;2*1-2/h7-8,16H,4-6H2,1-3H3,(H2,13,18)(H,14,19);3-5H,1H2,2H3;4H,1-3H3;1-2H3;1-2H/b;5-4-;;;/t7-,8-;;;;/m0..../s1. The number of aliphatic hydroxyl groups is 1. The van der Waals surface area contributed by atoms with Gasteiger partial charge in [0.2, 0.25) is 11.8 Å². The van der Waals surface area contributed by atoms with Gasteiger partial charge in [0.25, 0.3) is 0 Å². The van der Waals surface area contributed by atoms with Gasteiger partial charge in [0.15, 0.2) is 0 Å². The Balaban J connectivity index is -0.000000268. The van der Waals surface area contributed by atoms with Crippen LogP contribution in [-0.2, 0) is 14.3 Å². The molecule has 0 spiro atoms. The molecule has 0 aliphatic carbocycles. The number of β-amino-alcohol motifs (C(OH)–C–C–N with tert-alkyl or cyclic N) is 1. The van der Waals surface area contributed by atoms with Crippen LogP contribution in [0.25, 0.3) is 0 Å². The fourth-order valence-corrected chi connectivity index (χ4v) is 2.06. The largest absolute Gasteiger partial charge is 0.444 e. The summed E-state index contributed by atoms with van der Waals surface area (Å²) in [5, 5.41) is 11.8. The molecule has 3 amide bonds. The minimum absolute atomic E-state index is 0.0302. The Bertz CT molecular complexity index is 590. The Morgan fingerprint density at radius 3 is 2.00 bits per heavy atom. The summed E-state index contributed by atoms with van der Waals surface area (Å²) >= 11 is 0. The van der Waals surface area contributed by atoms with Gasteiger partial charge < -0.3 is 25.8 Å². The molecule has 192 valence electrons. The predicted molar refractivity (Wildman–Crippen MR) is 136 cm³/mol. The first kappa shape index (κ1) is 37.5. The second-order valence-corrected chi connectivity index (χ2v) is 8.20. The maximum atomic E-state index is 11.9. The number of nitrogens with two attached hydrogens (primary N) is 1. The molecule has 8 heteroatoms. The molecule has 0 bridgehead atoms. The third kappa shape index (κ3) is 25.3. The molecule has 4 N–H and O–H groups in total. The molecule has 0 aromatic heterocycles. The van der Waals surface area contributed by atoms with Crippen molar-refractivity contribution in [2.45, 2.75) is 86.5 Å². The predicted octanol–water partition coefficient (Wildman–Crippen LogP) is 3.64. The van der Waals surface area contributed by atoms with E-state index in [0.29, 0.717) is 0 Å². The van der Waals surface area contributed by atoms with Gasteiger partial charge in [0.05, 0.1) is 6.10 Å². The fourth-order valence-electron chi connectivity index (χ4n) is 2.06. The molecule has 0 aromatic rings. The number of terminal acetylenes is 1. The Hall–Kier alpha value is -2.79. The Labute approximate surface area is 201 Å². The van der Waals surface area contributed by atoms with E-state index in [-0.39, 0.29) is 19.5 Å². The number of hydrogen-bond donors (Lipinski definition) is 3. The number of primary amides is 1. The van der Waals surface area contributed by atoms with Crippen molar-refractivity contribution in [1.82, 2.24) is 10.2 Å². The first-order chi connectivity index (χ1) is 15.2. The molecule has 1 rings (SSSR count). The van der Waals surface area contributed by atoms with E-state index in [1.807, 2.05) is 32.9 Å². The van der Waals surface area contributed by atoms with Crippen molar-refractivity contribution in [3.63, 3.8) is 0 Å². The second-order valence-electron chi connectivity index (χ2n) is 8.20. The quantitative estimate of drug-likeness (QED) is 0.428. The minimum Gasteiger partial charge on any atom is -0.444 e. The number of allylic oxidation sites excluding steroid dienone is 3. The Morgan fingerprint density at radius 1 is 1.24 bits per heavy atom. The number of hydrogen-bond acceptors (Lipinski definition) is 5. The first-order valence-electron chi connectivity index (χ1n) is 11.1. The summed E-state index contributed by atoms with van der Waals surface area (Å²) in [7, 11) is 0. The third-order valence-electron chi connectivity index (χ3n) is 3.04. The van der Waals surface area contributed by atoms with Gasteiger partial charge >= 0.3 is 6.09 Å². The number of aliphatic hydroxyl groups excluding tert-OH is 1. The lowest BCUT2D eigenvalue weighted by molar-refractivity contribution is -0.136. The van der Waals surface area contributed by atoms with Crippen molar-refractivity contribution in [2.24, 2.45) is 11.7 Å². The summed E-state index contributed by atoms with van der Waals surface area (Å²) in [5.74, 6) is -0.330. The number of amides is 3. The summed E-state index contributed by atoms with van der Waals surface area (Å²) in [4.78, 5) is 35.7. The molecule has 0 aromatic carbocycles. The maximum absolute atomic E-state index is 11.9. The van der Waals surface area contributed by atoms with Crippen LogP contribution in [-0.4, -0.2) is 58.8 Å². The van der Waals surface area contributed by atoms with E-state index in [9.17, 15) is 19.5 Å². The molecule has 1 saturated heterocycles. The molecule has 2 atom stereocenters. The highest BCUT2D eigenvalue weighted by atomic mass is 16.6. The molecule has 1 heterocycles. The molecule has 33 heavy (non-hydrogen) atoms. The number of nitrogens with one attached hydrogen (secondary N) is 1. The van der Waals surface area contributed by atoms with E-state index >= 15 is 0 Å². The van der Waals surface area contributed by atoms with Crippen LogP contribution >= 0.6 is 0 Å². The van der Waals surface area contributed by atoms with E-state index in [0.717, 1.165) is 5.92 Å². The highest BCUT2D eigenvalue weighted by Crippen LogP contribution is 2.17. The van der Waals surface area contributed by atoms with Gasteiger partial charge in [-0.25, -0.2) is 4.79 Å². The van der Waals surface area contributed by atoms with Crippen LogP contribution in [0.4, 0.5) is 4.79 Å². The van der Waals surface area contributed by atoms with Crippen LogP contribution in [0.1, 0.15) is 68.7 Å².